The Kier molecular flexibility index (Phi) is 3.91. The van der Waals surface area contributed by atoms with Crippen LogP contribution in [-0.4, -0.2) is 49.0 Å². The van der Waals surface area contributed by atoms with Gasteiger partial charge in [-0.2, -0.15) is 0 Å². The van der Waals surface area contributed by atoms with Crippen LogP contribution in [0.3, 0.4) is 0 Å². The fourth-order valence-corrected chi connectivity index (χ4v) is 2.07. The number of nitrogens with zero attached hydrogens (tertiary/aromatic N) is 3. The molecule has 1 aromatic rings. The Labute approximate surface area is 102 Å². The number of hydrogen-bond acceptors (Lipinski definition) is 5. The van der Waals surface area contributed by atoms with Gasteiger partial charge in [-0.1, -0.05) is 0 Å². The summed E-state index contributed by atoms with van der Waals surface area (Å²) in [6.45, 7) is 6.24. The second kappa shape index (κ2) is 5.42. The molecule has 0 bridgehead atoms. The van der Waals surface area contributed by atoms with Gasteiger partial charge in [-0.05, 0) is 19.9 Å². The normalized spacial score (nSPS) is 25.0. The monoisotopic (exact) mass is 237 g/mol. The molecule has 0 radical (unpaired) electrons. The Bertz CT molecular complexity index is 373. The van der Waals surface area contributed by atoms with Gasteiger partial charge in [0.2, 0.25) is 5.95 Å². The van der Waals surface area contributed by atoms with Crippen molar-refractivity contribution in [3.63, 3.8) is 0 Å². The third-order valence-corrected chi connectivity index (χ3v) is 2.74. The summed E-state index contributed by atoms with van der Waals surface area (Å²) in [5.74, 6) is 0.779. The van der Waals surface area contributed by atoms with E-state index in [4.69, 9.17) is 9.47 Å². The molecular weight excluding hydrogens is 218 g/mol. The van der Waals surface area contributed by atoms with Gasteiger partial charge in [0.1, 0.15) is 0 Å². The summed E-state index contributed by atoms with van der Waals surface area (Å²) < 4.78 is 10.9. The Balaban J connectivity index is 2.09. The van der Waals surface area contributed by atoms with Crippen LogP contribution in [0.25, 0.3) is 0 Å². The summed E-state index contributed by atoms with van der Waals surface area (Å²) >= 11 is 0. The van der Waals surface area contributed by atoms with E-state index in [-0.39, 0.29) is 12.2 Å². The molecule has 1 aromatic heterocycles. The molecule has 1 saturated heterocycles. The van der Waals surface area contributed by atoms with Crippen LogP contribution in [0.1, 0.15) is 12.6 Å². The second-order valence-electron chi connectivity index (χ2n) is 4.43. The van der Waals surface area contributed by atoms with Gasteiger partial charge in [-0.25, -0.2) is 9.97 Å². The van der Waals surface area contributed by atoms with Crippen molar-refractivity contribution >= 4 is 5.95 Å². The molecular formula is C12H19N3O2. The molecule has 2 rings (SSSR count). The number of ether oxygens (including phenoxy) is 2. The molecule has 0 N–H and O–H groups in total. The van der Waals surface area contributed by atoms with Gasteiger partial charge >= 0.3 is 0 Å². The van der Waals surface area contributed by atoms with Gasteiger partial charge in [-0.3, -0.25) is 0 Å². The molecule has 5 heteroatoms. The van der Waals surface area contributed by atoms with E-state index < -0.39 is 0 Å². The van der Waals surface area contributed by atoms with Crippen LogP contribution in [-0.2, 0) is 9.47 Å². The van der Waals surface area contributed by atoms with Crippen molar-refractivity contribution < 1.29 is 9.47 Å². The lowest BCUT2D eigenvalue weighted by Crippen LogP contribution is -2.48. The van der Waals surface area contributed by atoms with Crippen molar-refractivity contribution in [1.29, 1.82) is 0 Å². The maximum atomic E-state index is 5.79. The van der Waals surface area contributed by atoms with E-state index in [2.05, 4.69) is 21.8 Å². The van der Waals surface area contributed by atoms with Crippen LogP contribution >= 0.6 is 0 Å². The Hall–Kier alpha value is -1.20. The van der Waals surface area contributed by atoms with Crippen molar-refractivity contribution in [2.24, 2.45) is 0 Å². The zero-order chi connectivity index (χ0) is 12.3. The smallest absolute Gasteiger partial charge is 0.225 e. The molecule has 2 heterocycles. The average molecular weight is 237 g/mol. The van der Waals surface area contributed by atoms with Crippen molar-refractivity contribution in [1.82, 2.24) is 9.97 Å². The minimum atomic E-state index is 0.0906. The first-order valence-electron chi connectivity index (χ1n) is 5.88. The summed E-state index contributed by atoms with van der Waals surface area (Å²) in [6, 6.07) is 1.90. The minimum absolute atomic E-state index is 0.0906. The molecule has 1 aliphatic heterocycles. The fraction of sp³-hybridized carbons (Fsp3) is 0.667. The molecule has 0 aromatic carbocycles. The lowest BCUT2D eigenvalue weighted by molar-refractivity contribution is -0.0514. The summed E-state index contributed by atoms with van der Waals surface area (Å²) in [6.07, 6.45) is 2.06. The van der Waals surface area contributed by atoms with E-state index in [1.807, 2.05) is 13.0 Å². The largest absolute Gasteiger partial charge is 0.382 e. The molecule has 0 saturated carbocycles. The topological polar surface area (TPSA) is 47.5 Å². The molecule has 0 aliphatic carbocycles. The Morgan fingerprint density at radius 1 is 1.53 bits per heavy atom. The number of aromatic nitrogens is 2. The van der Waals surface area contributed by atoms with Crippen molar-refractivity contribution in [2.45, 2.75) is 26.1 Å². The summed E-state index contributed by atoms with van der Waals surface area (Å²) in [4.78, 5) is 10.9. The first kappa shape index (κ1) is 12.3. The maximum Gasteiger partial charge on any atom is 0.225 e. The summed E-state index contributed by atoms with van der Waals surface area (Å²) in [7, 11) is 1.69. The summed E-state index contributed by atoms with van der Waals surface area (Å²) in [5, 5.41) is 0. The number of rotatable bonds is 3. The van der Waals surface area contributed by atoms with Gasteiger partial charge in [0, 0.05) is 32.1 Å². The number of methoxy groups -OCH3 is 1. The maximum absolute atomic E-state index is 5.79. The second-order valence-corrected chi connectivity index (χ2v) is 4.43. The van der Waals surface area contributed by atoms with Crippen LogP contribution < -0.4 is 4.90 Å². The molecule has 94 valence electrons. The highest BCUT2D eigenvalue weighted by Crippen LogP contribution is 2.16. The Morgan fingerprint density at radius 2 is 2.35 bits per heavy atom. The third-order valence-electron chi connectivity index (χ3n) is 2.74. The van der Waals surface area contributed by atoms with E-state index in [1.54, 1.807) is 13.3 Å². The zero-order valence-corrected chi connectivity index (χ0v) is 10.6. The lowest BCUT2D eigenvalue weighted by atomic mass is 10.2. The van der Waals surface area contributed by atoms with Crippen LogP contribution in [0.15, 0.2) is 12.3 Å². The average Bonchev–Trinajstić information content (AvgIpc) is 2.28. The van der Waals surface area contributed by atoms with E-state index in [1.165, 1.54) is 0 Å². The van der Waals surface area contributed by atoms with E-state index in [9.17, 15) is 0 Å². The number of hydrogen-bond donors (Lipinski definition) is 0. The van der Waals surface area contributed by atoms with Crippen molar-refractivity contribution in [3.8, 4) is 0 Å². The van der Waals surface area contributed by atoms with Gasteiger partial charge in [0.25, 0.3) is 0 Å². The van der Waals surface area contributed by atoms with Gasteiger partial charge < -0.3 is 14.4 Å². The van der Waals surface area contributed by atoms with Crippen LogP contribution in [0, 0.1) is 6.92 Å². The molecule has 1 fully saturated rings. The predicted molar refractivity (Wildman–Crippen MR) is 65.2 cm³/mol. The van der Waals surface area contributed by atoms with Crippen LogP contribution in [0.4, 0.5) is 5.95 Å². The van der Waals surface area contributed by atoms with E-state index in [0.29, 0.717) is 6.61 Å². The van der Waals surface area contributed by atoms with Gasteiger partial charge in [-0.15, -0.1) is 0 Å². The summed E-state index contributed by atoms with van der Waals surface area (Å²) in [5.41, 5.74) is 0.984. The molecule has 1 aliphatic rings. The Morgan fingerprint density at radius 3 is 3.06 bits per heavy atom. The SMILES string of the molecule is COCC1CN(c2nccc(C)n2)CC(C)O1. The molecule has 17 heavy (non-hydrogen) atoms. The highest BCUT2D eigenvalue weighted by molar-refractivity contribution is 5.31. The molecule has 0 spiro atoms. The molecule has 2 atom stereocenters. The molecule has 2 unspecified atom stereocenters. The van der Waals surface area contributed by atoms with E-state index >= 15 is 0 Å². The minimum Gasteiger partial charge on any atom is -0.382 e. The van der Waals surface area contributed by atoms with Crippen molar-refractivity contribution in [3.05, 3.63) is 18.0 Å². The lowest BCUT2D eigenvalue weighted by Gasteiger charge is -2.36. The number of aryl methyl sites for hydroxylation is 1. The quantitative estimate of drug-likeness (QED) is 0.785. The number of anilines is 1. The highest BCUT2D eigenvalue weighted by atomic mass is 16.5. The first-order chi connectivity index (χ1) is 8.19. The van der Waals surface area contributed by atoms with Crippen molar-refractivity contribution in [2.75, 3.05) is 31.7 Å². The third kappa shape index (κ3) is 3.14. The molecule has 0 amide bonds. The van der Waals surface area contributed by atoms with Crippen LogP contribution in [0.2, 0.25) is 0 Å². The van der Waals surface area contributed by atoms with Gasteiger partial charge in [0.05, 0.1) is 18.8 Å². The standard InChI is InChI=1S/C12H19N3O2/c1-9-4-5-13-12(14-9)15-6-10(2)17-11(7-15)8-16-3/h4-5,10-11H,6-8H2,1-3H3. The number of morpholine rings is 1. The molecule has 5 nitrogen and oxygen atoms in total. The first-order valence-corrected chi connectivity index (χ1v) is 5.88. The van der Waals surface area contributed by atoms with Gasteiger partial charge in [0.15, 0.2) is 0 Å². The van der Waals surface area contributed by atoms with E-state index in [0.717, 1.165) is 24.7 Å². The fourth-order valence-electron chi connectivity index (χ4n) is 2.07. The van der Waals surface area contributed by atoms with Crippen LogP contribution in [0.5, 0.6) is 0 Å². The zero-order valence-electron chi connectivity index (χ0n) is 10.6. The predicted octanol–water partition coefficient (Wildman–Crippen LogP) is 1.03. The highest BCUT2D eigenvalue weighted by Gasteiger charge is 2.26.